The first kappa shape index (κ1) is 13.6. The standard InChI is InChI=1S/C15H22O2S/c1-2-17-15(16)14(13-10-7-11-18-13)12-8-5-3-4-6-9-12/h7,10-12,14H,2-6,8-9H2,1H3. The number of rotatable bonds is 4. The largest absolute Gasteiger partial charge is 0.465 e. The number of ether oxygens (including phenoxy) is 1. The Morgan fingerprint density at radius 2 is 2.11 bits per heavy atom. The van der Waals surface area contributed by atoms with Crippen molar-refractivity contribution in [1.29, 1.82) is 0 Å². The van der Waals surface area contributed by atoms with Crippen molar-refractivity contribution in [2.75, 3.05) is 6.61 Å². The minimum absolute atomic E-state index is 0.0214. The summed E-state index contributed by atoms with van der Waals surface area (Å²) in [5, 5.41) is 2.05. The van der Waals surface area contributed by atoms with E-state index in [9.17, 15) is 4.79 Å². The minimum Gasteiger partial charge on any atom is -0.465 e. The molecule has 1 aliphatic carbocycles. The van der Waals surface area contributed by atoms with Gasteiger partial charge in [0.15, 0.2) is 0 Å². The molecule has 0 aliphatic heterocycles. The zero-order valence-electron chi connectivity index (χ0n) is 11.1. The second-order valence-corrected chi connectivity index (χ2v) is 5.98. The fourth-order valence-electron chi connectivity index (χ4n) is 2.89. The summed E-state index contributed by atoms with van der Waals surface area (Å²) in [6.07, 6.45) is 7.48. The summed E-state index contributed by atoms with van der Waals surface area (Å²) < 4.78 is 5.29. The molecule has 1 aromatic heterocycles. The average Bonchev–Trinajstić information content (AvgIpc) is 2.74. The molecule has 0 aromatic carbocycles. The molecule has 1 fully saturated rings. The lowest BCUT2D eigenvalue weighted by atomic mass is 9.85. The molecule has 0 bridgehead atoms. The van der Waals surface area contributed by atoms with Crippen LogP contribution in [0.2, 0.25) is 0 Å². The van der Waals surface area contributed by atoms with Crippen molar-refractivity contribution in [2.45, 2.75) is 51.4 Å². The maximum atomic E-state index is 12.2. The maximum Gasteiger partial charge on any atom is 0.314 e. The summed E-state index contributed by atoms with van der Waals surface area (Å²) in [4.78, 5) is 13.4. The third kappa shape index (κ3) is 3.35. The van der Waals surface area contributed by atoms with E-state index in [0.29, 0.717) is 12.5 Å². The van der Waals surface area contributed by atoms with Crippen LogP contribution < -0.4 is 0 Å². The zero-order chi connectivity index (χ0) is 12.8. The molecule has 100 valence electrons. The fraction of sp³-hybridized carbons (Fsp3) is 0.667. The molecule has 0 spiro atoms. The molecule has 0 N–H and O–H groups in total. The van der Waals surface area contributed by atoms with E-state index < -0.39 is 0 Å². The van der Waals surface area contributed by atoms with Crippen LogP contribution in [0.25, 0.3) is 0 Å². The predicted molar refractivity (Wildman–Crippen MR) is 74.9 cm³/mol. The molecular formula is C15H22O2S. The SMILES string of the molecule is CCOC(=O)C(c1cccs1)C1CCCCCC1. The van der Waals surface area contributed by atoms with Crippen LogP contribution in [0.3, 0.4) is 0 Å². The van der Waals surface area contributed by atoms with Crippen LogP contribution in [0.15, 0.2) is 17.5 Å². The predicted octanol–water partition coefficient (Wildman–Crippen LogP) is 4.37. The van der Waals surface area contributed by atoms with Crippen molar-refractivity contribution in [3.05, 3.63) is 22.4 Å². The molecule has 2 nitrogen and oxygen atoms in total. The fourth-order valence-corrected chi connectivity index (χ4v) is 3.79. The summed E-state index contributed by atoms with van der Waals surface area (Å²) in [5.41, 5.74) is 0. The molecule has 1 aromatic rings. The Bertz CT molecular complexity index is 351. The summed E-state index contributed by atoms with van der Waals surface area (Å²) in [6, 6.07) is 4.11. The van der Waals surface area contributed by atoms with Gasteiger partial charge in [-0.25, -0.2) is 0 Å². The van der Waals surface area contributed by atoms with E-state index in [1.807, 2.05) is 13.0 Å². The van der Waals surface area contributed by atoms with Crippen molar-refractivity contribution in [2.24, 2.45) is 5.92 Å². The first-order valence-electron chi connectivity index (χ1n) is 7.03. The minimum atomic E-state index is -0.0250. The van der Waals surface area contributed by atoms with Crippen LogP contribution in [0.4, 0.5) is 0 Å². The summed E-state index contributed by atoms with van der Waals surface area (Å²) in [5.74, 6) is 0.431. The van der Waals surface area contributed by atoms with Crippen LogP contribution in [-0.4, -0.2) is 12.6 Å². The molecule has 0 radical (unpaired) electrons. The first-order valence-corrected chi connectivity index (χ1v) is 7.91. The molecule has 18 heavy (non-hydrogen) atoms. The first-order chi connectivity index (χ1) is 8.83. The van der Waals surface area contributed by atoms with Gasteiger partial charge in [0.2, 0.25) is 0 Å². The third-order valence-corrected chi connectivity index (χ3v) is 4.72. The van der Waals surface area contributed by atoms with E-state index in [0.717, 1.165) is 0 Å². The lowest BCUT2D eigenvalue weighted by Gasteiger charge is -2.23. The van der Waals surface area contributed by atoms with Crippen LogP contribution in [0.5, 0.6) is 0 Å². The number of carbonyl (C=O) groups excluding carboxylic acids is 1. The quantitative estimate of drug-likeness (QED) is 0.597. The van der Waals surface area contributed by atoms with Gasteiger partial charge >= 0.3 is 5.97 Å². The van der Waals surface area contributed by atoms with Gasteiger partial charge in [0.25, 0.3) is 0 Å². The molecular weight excluding hydrogens is 244 g/mol. The third-order valence-electron chi connectivity index (χ3n) is 3.76. The molecule has 1 unspecified atom stereocenters. The van der Waals surface area contributed by atoms with Gasteiger partial charge < -0.3 is 4.74 Å². The van der Waals surface area contributed by atoms with Gasteiger partial charge in [0.05, 0.1) is 12.5 Å². The van der Waals surface area contributed by atoms with E-state index >= 15 is 0 Å². The van der Waals surface area contributed by atoms with E-state index in [4.69, 9.17) is 4.74 Å². The molecule has 0 amide bonds. The lowest BCUT2D eigenvalue weighted by molar-refractivity contribution is -0.146. The van der Waals surface area contributed by atoms with Gasteiger partial charge in [0, 0.05) is 4.88 Å². The Balaban J connectivity index is 2.15. The highest BCUT2D eigenvalue weighted by Gasteiger charge is 2.32. The highest BCUT2D eigenvalue weighted by molar-refractivity contribution is 7.10. The van der Waals surface area contributed by atoms with E-state index in [1.54, 1.807) is 11.3 Å². The Morgan fingerprint density at radius 3 is 2.67 bits per heavy atom. The van der Waals surface area contributed by atoms with Crippen molar-refractivity contribution in [3.8, 4) is 0 Å². The molecule has 1 atom stereocenters. The molecule has 1 heterocycles. The molecule has 3 heteroatoms. The second-order valence-electron chi connectivity index (χ2n) is 5.00. The Hall–Kier alpha value is -0.830. The van der Waals surface area contributed by atoms with Crippen LogP contribution in [-0.2, 0) is 9.53 Å². The molecule has 1 saturated carbocycles. The van der Waals surface area contributed by atoms with Crippen molar-refractivity contribution in [3.63, 3.8) is 0 Å². The number of thiophene rings is 1. The number of carbonyl (C=O) groups is 1. The van der Waals surface area contributed by atoms with Crippen molar-refractivity contribution in [1.82, 2.24) is 0 Å². The van der Waals surface area contributed by atoms with Gasteiger partial charge in [-0.2, -0.15) is 0 Å². The van der Waals surface area contributed by atoms with E-state index in [1.165, 1.54) is 43.4 Å². The normalized spacial score (nSPS) is 19.2. The average molecular weight is 266 g/mol. The van der Waals surface area contributed by atoms with E-state index in [2.05, 4.69) is 11.4 Å². The number of esters is 1. The highest BCUT2D eigenvalue weighted by atomic mass is 32.1. The van der Waals surface area contributed by atoms with Gasteiger partial charge in [-0.3, -0.25) is 4.79 Å². The summed E-state index contributed by atoms with van der Waals surface area (Å²) in [7, 11) is 0. The lowest BCUT2D eigenvalue weighted by Crippen LogP contribution is -2.23. The highest BCUT2D eigenvalue weighted by Crippen LogP contribution is 2.37. The summed E-state index contributed by atoms with van der Waals surface area (Å²) in [6.45, 7) is 2.36. The van der Waals surface area contributed by atoms with Gasteiger partial charge in [-0.1, -0.05) is 31.7 Å². The van der Waals surface area contributed by atoms with Crippen molar-refractivity contribution >= 4 is 17.3 Å². The van der Waals surface area contributed by atoms with Gasteiger partial charge in [0.1, 0.15) is 0 Å². The second kappa shape index (κ2) is 6.93. The monoisotopic (exact) mass is 266 g/mol. The topological polar surface area (TPSA) is 26.3 Å². The smallest absolute Gasteiger partial charge is 0.314 e. The van der Waals surface area contributed by atoms with Crippen LogP contribution >= 0.6 is 11.3 Å². The molecule has 1 aliphatic rings. The number of hydrogen-bond donors (Lipinski definition) is 0. The van der Waals surface area contributed by atoms with Crippen LogP contribution in [0.1, 0.15) is 56.2 Å². The van der Waals surface area contributed by atoms with Crippen molar-refractivity contribution < 1.29 is 9.53 Å². The zero-order valence-corrected chi connectivity index (χ0v) is 11.9. The Labute approximate surface area is 113 Å². The Kier molecular flexibility index (Phi) is 5.24. The number of hydrogen-bond acceptors (Lipinski definition) is 3. The maximum absolute atomic E-state index is 12.2. The van der Waals surface area contributed by atoms with Gasteiger partial charge in [-0.15, -0.1) is 11.3 Å². The molecule has 0 saturated heterocycles. The van der Waals surface area contributed by atoms with Gasteiger partial charge in [-0.05, 0) is 37.1 Å². The Morgan fingerprint density at radius 1 is 1.39 bits per heavy atom. The molecule has 2 rings (SSSR count). The van der Waals surface area contributed by atoms with Crippen LogP contribution in [0, 0.1) is 5.92 Å². The van der Waals surface area contributed by atoms with E-state index in [-0.39, 0.29) is 11.9 Å². The summed E-state index contributed by atoms with van der Waals surface area (Å²) >= 11 is 1.68.